The Labute approximate surface area is 85.6 Å². The minimum atomic E-state index is -0.341. The molecule has 14 heavy (non-hydrogen) atoms. The predicted molar refractivity (Wildman–Crippen MR) is 55.2 cm³/mol. The Bertz CT molecular complexity index is 200. The topological polar surface area (TPSA) is 41.6 Å². The Hall–Kier alpha value is -0.610. The normalized spacial score (nSPS) is 18.3. The predicted octanol–water partition coefficient (Wildman–Crippen LogP) is 0.233. The molecule has 0 saturated heterocycles. The number of carbonyl (C=O) groups is 1. The number of rotatable bonds is 6. The third-order valence-electron chi connectivity index (χ3n) is 2.44. The number of hydrogen-bond acceptors (Lipinski definition) is 4. The van der Waals surface area contributed by atoms with E-state index in [0.717, 1.165) is 25.9 Å². The van der Waals surface area contributed by atoms with Crippen molar-refractivity contribution in [3.8, 4) is 0 Å². The molecular weight excluding hydrogens is 180 g/mol. The quantitative estimate of drug-likeness (QED) is 0.623. The van der Waals surface area contributed by atoms with Crippen molar-refractivity contribution in [3.05, 3.63) is 0 Å². The van der Waals surface area contributed by atoms with Crippen LogP contribution in [0.1, 0.15) is 19.8 Å². The van der Waals surface area contributed by atoms with Gasteiger partial charge in [-0.1, -0.05) is 0 Å². The van der Waals surface area contributed by atoms with Gasteiger partial charge in [-0.25, -0.2) is 0 Å². The lowest BCUT2D eigenvalue weighted by Gasteiger charge is -2.17. The van der Waals surface area contributed by atoms with Gasteiger partial charge in [0.1, 0.15) is 5.54 Å². The van der Waals surface area contributed by atoms with E-state index in [9.17, 15) is 4.79 Å². The van der Waals surface area contributed by atoms with Crippen LogP contribution in [0.25, 0.3) is 0 Å². The lowest BCUT2D eigenvalue weighted by molar-refractivity contribution is -0.146. The molecule has 1 N–H and O–H groups in total. The second-order valence-corrected chi connectivity index (χ2v) is 4.03. The summed E-state index contributed by atoms with van der Waals surface area (Å²) in [7, 11) is 4.04. The van der Waals surface area contributed by atoms with Crippen LogP contribution in [0.3, 0.4) is 0 Å². The minimum Gasteiger partial charge on any atom is -0.465 e. The van der Waals surface area contributed by atoms with E-state index < -0.39 is 0 Å². The van der Waals surface area contributed by atoms with E-state index in [1.807, 2.05) is 21.0 Å². The molecule has 82 valence electrons. The molecule has 0 aliphatic heterocycles. The first kappa shape index (κ1) is 11.5. The van der Waals surface area contributed by atoms with Crippen LogP contribution in [0.2, 0.25) is 0 Å². The second kappa shape index (κ2) is 4.75. The second-order valence-electron chi connectivity index (χ2n) is 4.03. The van der Waals surface area contributed by atoms with Gasteiger partial charge in [0.25, 0.3) is 0 Å². The van der Waals surface area contributed by atoms with Gasteiger partial charge < -0.3 is 15.0 Å². The van der Waals surface area contributed by atoms with E-state index >= 15 is 0 Å². The van der Waals surface area contributed by atoms with Crippen molar-refractivity contribution in [1.29, 1.82) is 0 Å². The van der Waals surface area contributed by atoms with Crippen LogP contribution in [0.5, 0.6) is 0 Å². The summed E-state index contributed by atoms with van der Waals surface area (Å²) in [6.07, 6.45) is 1.83. The molecule has 0 aromatic heterocycles. The average Bonchev–Trinajstić information content (AvgIpc) is 2.85. The zero-order chi connectivity index (χ0) is 10.6. The summed E-state index contributed by atoms with van der Waals surface area (Å²) < 4.78 is 5.01. The van der Waals surface area contributed by atoms with Crippen molar-refractivity contribution in [1.82, 2.24) is 10.2 Å². The summed E-state index contributed by atoms with van der Waals surface area (Å²) in [5.41, 5.74) is -0.341. The van der Waals surface area contributed by atoms with Crippen molar-refractivity contribution < 1.29 is 9.53 Å². The SMILES string of the molecule is CCOC(=O)C1(NCCN(C)C)CC1. The summed E-state index contributed by atoms with van der Waals surface area (Å²) in [6.45, 7) is 4.09. The van der Waals surface area contributed by atoms with Crippen LogP contribution >= 0.6 is 0 Å². The van der Waals surface area contributed by atoms with Gasteiger partial charge in [0.2, 0.25) is 0 Å². The van der Waals surface area contributed by atoms with Crippen molar-refractivity contribution in [2.24, 2.45) is 0 Å². The van der Waals surface area contributed by atoms with Crippen molar-refractivity contribution >= 4 is 5.97 Å². The molecule has 0 unspecified atom stereocenters. The molecule has 0 radical (unpaired) electrons. The highest BCUT2D eigenvalue weighted by molar-refractivity contribution is 5.84. The molecular formula is C10H20N2O2. The Morgan fingerprint density at radius 1 is 1.50 bits per heavy atom. The van der Waals surface area contributed by atoms with Crippen LogP contribution in [-0.4, -0.2) is 50.2 Å². The number of hydrogen-bond donors (Lipinski definition) is 1. The molecule has 0 spiro atoms. The van der Waals surface area contributed by atoms with Crippen LogP contribution < -0.4 is 5.32 Å². The smallest absolute Gasteiger partial charge is 0.326 e. The van der Waals surface area contributed by atoms with Crippen molar-refractivity contribution in [3.63, 3.8) is 0 Å². The molecule has 4 nitrogen and oxygen atoms in total. The highest BCUT2D eigenvalue weighted by Crippen LogP contribution is 2.36. The fraction of sp³-hybridized carbons (Fsp3) is 0.900. The first-order valence-electron chi connectivity index (χ1n) is 5.18. The zero-order valence-corrected chi connectivity index (χ0v) is 9.30. The average molecular weight is 200 g/mol. The van der Waals surface area contributed by atoms with Gasteiger partial charge in [-0.2, -0.15) is 0 Å². The van der Waals surface area contributed by atoms with Gasteiger partial charge in [0.05, 0.1) is 6.61 Å². The van der Waals surface area contributed by atoms with E-state index in [1.54, 1.807) is 0 Å². The van der Waals surface area contributed by atoms with Crippen LogP contribution in [0, 0.1) is 0 Å². The Morgan fingerprint density at radius 3 is 2.57 bits per heavy atom. The van der Waals surface area contributed by atoms with Gasteiger partial charge in [-0.3, -0.25) is 4.79 Å². The van der Waals surface area contributed by atoms with E-state index in [-0.39, 0.29) is 11.5 Å². The molecule has 1 fully saturated rings. The largest absolute Gasteiger partial charge is 0.465 e. The van der Waals surface area contributed by atoms with Crippen LogP contribution in [0.4, 0.5) is 0 Å². The maximum Gasteiger partial charge on any atom is 0.326 e. The molecule has 0 heterocycles. The Balaban J connectivity index is 2.25. The van der Waals surface area contributed by atoms with Crippen molar-refractivity contribution in [2.75, 3.05) is 33.8 Å². The van der Waals surface area contributed by atoms with E-state index in [1.165, 1.54) is 0 Å². The molecule has 0 aromatic rings. The van der Waals surface area contributed by atoms with E-state index in [4.69, 9.17) is 4.74 Å². The molecule has 1 aliphatic rings. The standard InChI is InChI=1S/C10H20N2O2/c1-4-14-9(13)10(5-6-10)11-7-8-12(2)3/h11H,4-8H2,1-3H3. The van der Waals surface area contributed by atoms with Gasteiger partial charge in [0, 0.05) is 13.1 Å². The summed E-state index contributed by atoms with van der Waals surface area (Å²) in [6, 6.07) is 0. The molecule has 0 aromatic carbocycles. The number of likely N-dealkylation sites (N-methyl/N-ethyl adjacent to an activating group) is 1. The van der Waals surface area contributed by atoms with Gasteiger partial charge >= 0.3 is 5.97 Å². The lowest BCUT2D eigenvalue weighted by Crippen LogP contribution is -2.43. The summed E-state index contributed by atoms with van der Waals surface area (Å²) in [5.74, 6) is -0.0845. The third kappa shape index (κ3) is 2.96. The van der Waals surface area contributed by atoms with Crippen LogP contribution in [-0.2, 0) is 9.53 Å². The maximum atomic E-state index is 11.5. The fourth-order valence-corrected chi connectivity index (χ4v) is 1.37. The summed E-state index contributed by atoms with van der Waals surface area (Å²) >= 11 is 0. The van der Waals surface area contributed by atoms with Gasteiger partial charge in [-0.15, -0.1) is 0 Å². The number of carbonyl (C=O) groups excluding carboxylic acids is 1. The molecule has 1 rings (SSSR count). The number of nitrogens with zero attached hydrogens (tertiary/aromatic N) is 1. The third-order valence-corrected chi connectivity index (χ3v) is 2.44. The fourth-order valence-electron chi connectivity index (χ4n) is 1.37. The van der Waals surface area contributed by atoms with Gasteiger partial charge in [-0.05, 0) is 33.9 Å². The number of nitrogens with one attached hydrogen (secondary N) is 1. The number of esters is 1. The van der Waals surface area contributed by atoms with Crippen LogP contribution in [0.15, 0.2) is 0 Å². The van der Waals surface area contributed by atoms with E-state index in [2.05, 4.69) is 10.2 Å². The minimum absolute atomic E-state index is 0.0845. The zero-order valence-electron chi connectivity index (χ0n) is 9.30. The first-order chi connectivity index (χ1) is 6.60. The Morgan fingerprint density at radius 2 is 2.14 bits per heavy atom. The first-order valence-corrected chi connectivity index (χ1v) is 5.18. The Kier molecular flexibility index (Phi) is 3.89. The molecule has 0 atom stereocenters. The lowest BCUT2D eigenvalue weighted by atomic mass is 10.3. The molecule has 4 heteroatoms. The maximum absolute atomic E-state index is 11.5. The molecule has 0 bridgehead atoms. The van der Waals surface area contributed by atoms with Crippen molar-refractivity contribution in [2.45, 2.75) is 25.3 Å². The summed E-state index contributed by atoms with van der Waals surface area (Å²) in [4.78, 5) is 13.6. The highest BCUT2D eigenvalue weighted by atomic mass is 16.5. The molecule has 1 saturated carbocycles. The highest BCUT2D eigenvalue weighted by Gasteiger charge is 2.50. The van der Waals surface area contributed by atoms with E-state index in [0.29, 0.717) is 6.61 Å². The van der Waals surface area contributed by atoms with Gasteiger partial charge in [0.15, 0.2) is 0 Å². The summed E-state index contributed by atoms with van der Waals surface area (Å²) in [5, 5.41) is 3.27. The number of ether oxygens (including phenoxy) is 1. The molecule has 1 aliphatic carbocycles. The molecule has 0 amide bonds. The monoisotopic (exact) mass is 200 g/mol.